The average Bonchev–Trinajstić information content (AvgIpc) is 2.39. The molecule has 0 saturated carbocycles. The summed E-state index contributed by atoms with van der Waals surface area (Å²) in [6, 6.07) is 13.8. The average molecular weight is 241 g/mol. The Morgan fingerprint density at radius 1 is 1.06 bits per heavy atom. The standard InChI is InChI=1S/C14H11NO3/c16-12-7-3-2-6-11(12)15-9-13(17)10-5-1-4-8-14(10)18-15/h1-8,16H,9H2. The molecule has 1 aliphatic heterocycles. The summed E-state index contributed by atoms with van der Waals surface area (Å²) in [5, 5.41) is 11.2. The second-order valence-corrected chi connectivity index (χ2v) is 4.04. The first kappa shape index (κ1) is 10.7. The van der Waals surface area contributed by atoms with E-state index in [2.05, 4.69) is 0 Å². The van der Waals surface area contributed by atoms with Crippen LogP contribution < -0.4 is 9.90 Å². The Morgan fingerprint density at radius 2 is 1.78 bits per heavy atom. The lowest BCUT2D eigenvalue weighted by Gasteiger charge is -2.29. The van der Waals surface area contributed by atoms with Crippen LogP contribution in [0.15, 0.2) is 48.5 Å². The summed E-state index contributed by atoms with van der Waals surface area (Å²) in [5.74, 6) is 0.571. The number of carbonyl (C=O) groups excluding carboxylic acids is 1. The van der Waals surface area contributed by atoms with Crippen LogP contribution in [0.25, 0.3) is 0 Å². The quantitative estimate of drug-likeness (QED) is 0.832. The van der Waals surface area contributed by atoms with Crippen LogP contribution in [-0.4, -0.2) is 17.4 Å². The first-order valence-corrected chi connectivity index (χ1v) is 5.61. The van der Waals surface area contributed by atoms with Crippen molar-refractivity contribution >= 4 is 11.5 Å². The number of aromatic hydroxyl groups is 1. The molecule has 2 aromatic carbocycles. The van der Waals surface area contributed by atoms with Gasteiger partial charge in [-0.05, 0) is 24.3 Å². The first-order chi connectivity index (χ1) is 8.75. The number of ketones is 1. The molecule has 4 nitrogen and oxygen atoms in total. The molecule has 4 heteroatoms. The molecule has 1 heterocycles. The van der Waals surface area contributed by atoms with Gasteiger partial charge in [0.1, 0.15) is 18.0 Å². The zero-order chi connectivity index (χ0) is 12.5. The van der Waals surface area contributed by atoms with E-state index in [1.54, 1.807) is 48.5 Å². The van der Waals surface area contributed by atoms with Crippen molar-refractivity contribution in [2.24, 2.45) is 0 Å². The van der Waals surface area contributed by atoms with Gasteiger partial charge in [0.25, 0.3) is 0 Å². The number of benzene rings is 2. The number of hydrogen-bond acceptors (Lipinski definition) is 4. The van der Waals surface area contributed by atoms with Crippen molar-refractivity contribution < 1.29 is 14.7 Å². The number of anilines is 1. The molecule has 90 valence electrons. The number of phenolic OH excluding ortho intramolecular Hbond substituents is 1. The second kappa shape index (κ2) is 4.07. The number of hydrogen-bond donors (Lipinski definition) is 1. The molecule has 0 amide bonds. The van der Waals surface area contributed by atoms with E-state index in [0.29, 0.717) is 17.0 Å². The molecule has 0 aromatic heterocycles. The van der Waals surface area contributed by atoms with Gasteiger partial charge in [-0.25, -0.2) is 0 Å². The highest BCUT2D eigenvalue weighted by atomic mass is 16.7. The molecular weight excluding hydrogens is 230 g/mol. The highest BCUT2D eigenvalue weighted by Crippen LogP contribution is 2.32. The van der Waals surface area contributed by atoms with Crippen LogP contribution >= 0.6 is 0 Å². The molecule has 0 atom stereocenters. The molecule has 0 unspecified atom stereocenters. The van der Waals surface area contributed by atoms with Gasteiger partial charge in [-0.2, -0.15) is 5.06 Å². The molecular formula is C14H11NO3. The van der Waals surface area contributed by atoms with Gasteiger partial charge in [0.05, 0.1) is 5.56 Å². The van der Waals surface area contributed by atoms with Gasteiger partial charge in [-0.3, -0.25) is 4.79 Å². The minimum Gasteiger partial charge on any atom is -0.506 e. The Morgan fingerprint density at radius 3 is 2.61 bits per heavy atom. The number of phenols is 1. The lowest BCUT2D eigenvalue weighted by molar-refractivity contribution is 0.0941. The fraction of sp³-hybridized carbons (Fsp3) is 0.0714. The maximum absolute atomic E-state index is 12.0. The summed E-state index contributed by atoms with van der Waals surface area (Å²) in [5.41, 5.74) is 1.06. The van der Waals surface area contributed by atoms with E-state index in [4.69, 9.17) is 4.84 Å². The molecule has 1 aliphatic rings. The van der Waals surface area contributed by atoms with Crippen molar-refractivity contribution in [3.8, 4) is 11.5 Å². The fourth-order valence-electron chi connectivity index (χ4n) is 1.95. The predicted octanol–water partition coefficient (Wildman–Crippen LogP) is 2.39. The number of carbonyl (C=O) groups is 1. The third kappa shape index (κ3) is 1.68. The van der Waals surface area contributed by atoms with Gasteiger partial charge >= 0.3 is 0 Å². The summed E-state index contributed by atoms with van der Waals surface area (Å²) in [4.78, 5) is 17.6. The van der Waals surface area contributed by atoms with E-state index < -0.39 is 0 Å². The minimum atomic E-state index is -0.0277. The van der Waals surface area contributed by atoms with E-state index >= 15 is 0 Å². The SMILES string of the molecule is O=C1CN(c2ccccc2O)Oc2ccccc21. The van der Waals surface area contributed by atoms with Crippen molar-refractivity contribution in [1.82, 2.24) is 0 Å². The zero-order valence-electron chi connectivity index (χ0n) is 9.54. The van der Waals surface area contributed by atoms with Crippen LogP contribution in [0.3, 0.4) is 0 Å². The molecule has 0 saturated heterocycles. The highest BCUT2D eigenvalue weighted by molar-refractivity contribution is 6.02. The van der Waals surface area contributed by atoms with Crippen LogP contribution in [0.5, 0.6) is 11.5 Å². The Bertz CT molecular complexity index is 609. The van der Waals surface area contributed by atoms with Crippen molar-refractivity contribution in [1.29, 1.82) is 0 Å². The summed E-state index contributed by atoms with van der Waals surface area (Å²) in [6.07, 6.45) is 0. The maximum Gasteiger partial charge on any atom is 0.189 e. The second-order valence-electron chi connectivity index (χ2n) is 4.04. The van der Waals surface area contributed by atoms with Crippen molar-refractivity contribution in [3.63, 3.8) is 0 Å². The van der Waals surface area contributed by atoms with Crippen molar-refractivity contribution in [3.05, 3.63) is 54.1 Å². The smallest absolute Gasteiger partial charge is 0.189 e. The zero-order valence-corrected chi connectivity index (χ0v) is 9.54. The van der Waals surface area contributed by atoms with Crippen LogP contribution in [0.2, 0.25) is 0 Å². The highest BCUT2D eigenvalue weighted by Gasteiger charge is 2.26. The number of hydroxylamine groups is 1. The largest absolute Gasteiger partial charge is 0.506 e. The van der Waals surface area contributed by atoms with Crippen molar-refractivity contribution in [2.75, 3.05) is 11.6 Å². The van der Waals surface area contributed by atoms with E-state index in [0.717, 1.165) is 0 Å². The third-order valence-electron chi connectivity index (χ3n) is 2.83. The van der Waals surface area contributed by atoms with E-state index in [-0.39, 0.29) is 18.1 Å². The number of Topliss-reactive ketones (excluding diaryl/α,β-unsaturated/α-hetero) is 1. The van der Waals surface area contributed by atoms with E-state index in [1.807, 2.05) is 0 Å². The van der Waals surface area contributed by atoms with Gasteiger partial charge in [0.2, 0.25) is 0 Å². The number of fused-ring (bicyclic) bond motifs is 1. The Labute approximate surface area is 104 Å². The lowest BCUT2D eigenvalue weighted by Crippen LogP contribution is -2.37. The summed E-state index contributed by atoms with van der Waals surface area (Å²) >= 11 is 0. The molecule has 18 heavy (non-hydrogen) atoms. The number of para-hydroxylation sites is 3. The Hall–Kier alpha value is -2.49. The predicted molar refractivity (Wildman–Crippen MR) is 66.9 cm³/mol. The molecule has 3 rings (SSSR count). The summed E-state index contributed by atoms with van der Waals surface area (Å²) in [7, 11) is 0. The van der Waals surface area contributed by atoms with Gasteiger partial charge in [-0.1, -0.05) is 24.3 Å². The van der Waals surface area contributed by atoms with Crippen LogP contribution in [0.1, 0.15) is 10.4 Å². The number of rotatable bonds is 1. The molecule has 0 fully saturated rings. The van der Waals surface area contributed by atoms with E-state index in [9.17, 15) is 9.90 Å². The van der Waals surface area contributed by atoms with Crippen molar-refractivity contribution in [2.45, 2.75) is 0 Å². The maximum atomic E-state index is 12.0. The normalized spacial score (nSPS) is 14.0. The Balaban J connectivity index is 2.00. The molecule has 0 aliphatic carbocycles. The summed E-state index contributed by atoms with van der Waals surface area (Å²) < 4.78 is 0. The molecule has 2 aromatic rings. The van der Waals surface area contributed by atoms with Gasteiger partial charge in [-0.15, -0.1) is 0 Å². The number of nitrogens with zero attached hydrogens (tertiary/aromatic N) is 1. The third-order valence-corrected chi connectivity index (χ3v) is 2.83. The monoisotopic (exact) mass is 241 g/mol. The summed E-state index contributed by atoms with van der Waals surface area (Å²) in [6.45, 7) is 0.0919. The molecule has 1 N–H and O–H groups in total. The molecule has 0 spiro atoms. The van der Waals surface area contributed by atoms with Gasteiger partial charge in [0.15, 0.2) is 11.5 Å². The Kier molecular flexibility index (Phi) is 2.41. The molecule has 0 radical (unpaired) electrons. The van der Waals surface area contributed by atoms with Crippen LogP contribution in [0.4, 0.5) is 5.69 Å². The molecule has 0 bridgehead atoms. The van der Waals surface area contributed by atoms with Crippen LogP contribution in [-0.2, 0) is 0 Å². The van der Waals surface area contributed by atoms with Gasteiger partial charge < -0.3 is 9.94 Å². The minimum absolute atomic E-state index is 0.0277. The first-order valence-electron chi connectivity index (χ1n) is 5.61. The van der Waals surface area contributed by atoms with Crippen LogP contribution in [0, 0.1) is 0 Å². The fourth-order valence-corrected chi connectivity index (χ4v) is 1.95. The lowest BCUT2D eigenvalue weighted by atomic mass is 10.1. The van der Waals surface area contributed by atoms with E-state index in [1.165, 1.54) is 5.06 Å². The van der Waals surface area contributed by atoms with Gasteiger partial charge in [0, 0.05) is 0 Å². The topological polar surface area (TPSA) is 49.8 Å².